The summed E-state index contributed by atoms with van der Waals surface area (Å²) in [4.78, 5) is 16.1. The number of carbonyl (C=O) groups is 1. The van der Waals surface area contributed by atoms with Crippen molar-refractivity contribution < 1.29 is 4.79 Å². The summed E-state index contributed by atoms with van der Waals surface area (Å²) in [7, 11) is 0. The zero-order chi connectivity index (χ0) is 21.3. The molecule has 30 heavy (non-hydrogen) atoms. The highest BCUT2D eigenvalue weighted by Crippen LogP contribution is 2.29. The van der Waals surface area contributed by atoms with Crippen molar-refractivity contribution in [3.05, 3.63) is 51.7 Å². The Kier molecular flexibility index (Phi) is 6.02. The van der Waals surface area contributed by atoms with Crippen molar-refractivity contribution in [2.75, 3.05) is 12.3 Å². The molecule has 1 amide bonds. The van der Waals surface area contributed by atoms with Crippen LogP contribution in [-0.2, 0) is 29.7 Å². The summed E-state index contributed by atoms with van der Waals surface area (Å²) in [6.45, 7) is 11.0. The van der Waals surface area contributed by atoms with Crippen molar-refractivity contribution in [2.24, 2.45) is 0 Å². The van der Waals surface area contributed by atoms with Gasteiger partial charge in [-0.15, -0.1) is 21.5 Å². The zero-order valence-electron chi connectivity index (χ0n) is 18.0. The maximum absolute atomic E-state index is 12.8. The lowest BCUT2D eigenvalue weighted by molar-refractivity contribution is -0.129. The number of aromatic nitrogens is 3. The predicted octanol–water partition coefficient (Wildman–Crippen LogP) is 5.00. The maximum atomic E-state index is 12.8. The van der Waals surface area contributed by atoms with Crippen molar-refractivity contribution in [1.82, 2.24) is 19.7 Å². The monoisotopic (exact) mass is 440 g/mol. The van der Waals surface area contributed by atoms with Crippen molar-refractivity contribution in [2.45, 2.75) is 57.8 Å². The van der Waals surface area contributed by atoms with Crippen LogP contribution in [-0.4, -0.2) is 37.9 Å². The molecular formula is C23H28N4OS2. The van der Waals surface area contributed by atoms with Gasteiger partial charge in [0.2, 0.25) is 5.91 Å². The lowest BCUT2D eigenvalue weighted by atomic mass is 9.87. The third-order valence-electron chi connectivity index (χ3n) is 5.53. The van der Waals surface area contributed by atoms with E-state index >= 15 is 0 Å². The minimum Gasteiger partial charge on any atom is -0.337 e. The van der Waals surface area contributed by atoms with Crippen molar-refractivity contribution >= 4 is 29.0 Å². The summed E-state index contributed by atoms with van der Waals surface area (Å²) in [6.07, 6.45) is 0.962. The SMILES string of the molecule is CCn1c(SCC(=O)N2CCc3sccc3C2)nnc1-c1ccc(C(C)(C)C)cc1. The first-order valence-electron chi connectivity index (χ1n) is 10.4. The Balaban J connectivity index is 1.44. The Morgan fingerprint density at radius 1 is 1.17 bits per heavy atom. The smallest absolute Gasteiger partial charge is 0.233 e. The van der Waals surface area contributed by atoms with Crippen LogP contribution in [0.2, 0.25) is 0 Å². The molecule has 0 saturated carbocycles. The van der Waals surface area contributed by atoms with Gasteiger partial charge in [0, 0.05) is 30.1 Å². The van der Waals surface area contributed by atoms with E-state index in [1.54, 1.807) is 11.3 Å². The Hall–Kier alpha value is -2.12. The Labute approximate surface area is 186 Å². The molecule has 0 N–H and O–H groups in total. The van der Waals surface area contributed by atoms with Gasteiger partial charge < -0.3 is 9.47 Å². The second-order valence-electron chi connectivity index (χ2n) is 8.60. The summed E-state index contributed by atoms with van der Waals surface area (Å²) in [5.74, 6) is 1.41. The number of hydrogen-bond acceptors (Lipinski definition) is 5. The number of carbonyl (C=O) groups excluding carboxylic acids is 1. The van der Waals surface area contributed by atoms with E-state index in [0.29, 0.717) is 5.75 Å². The summed E-state index contributed by atoms with van der Waals surface area (Å²) < 4.78 is 2.09. The van der Waals surface area contributed by atoms with E-state index in [1.807, 2.05) is 4.90 Å². The molecule has 3 aromatic rings. The first kappa shape index (κ1) is 21.1. The summed E-state index contributed by atoms with van der Waals surface area (Å²) in [5, 5.41) is 11.7. The van der Waals surface area contributed by atoms with Crippen LogP contribution in [0.3, 0.4) is 0 Å². The fraction of sp³-hybridized carbons (Fsp3) is 0.435. The van der Waals surface area contributed by atoms with Crippen LogP contribution in [0.15, 0.2) is 40.9 Å². The van der Waals surface area contributed by atoms with Gasteiger partial charge in [-0.2, -0.15) is 0 Å². The first-order chi connectivity index (χ1) is 14.4. The normalized spacial score (nSPS) is 14.1. The Morgan fingerprint density at radius 3 is 2.63 bits per heavy atom. The lowest BCUT2D eigenvalue weighted by Crippen LogP contribution is -2.36. The molecule has 1 aliphatic rings. The first-order valence-corrected chi connectivity index (χ1v) is 12.2. The summed E-state index contributed by atoms with van der Waals surface area (Å²) >= 11 is 3.27. The van der Waals surface area contributed by atoms with Gasteiger partial charge in [0.05, 0.1) is 5.75 Å². The average molecular weight is 441 g/mol. The van der Waals surface area contributed by atoms with Crippen LogP contribution < -0.4 is 0 Å². The molecule has 1 aromatic carbocycles. The molecule has 0 atom stereocenters. The highest BCUT2D eigenvalue weighted by atomic mass is 32.2. The molecule has 0 aliphatic carbocycles. The maximum Gasteiger partial charge on any atom is 0.233 e. The molecule has 0 saturated heterocycles. The van der Waals surface area contributed by atoms with Crippen LogP contribution in [0.5, 0.6) is 0 Å². The van der Waals surface area contributed by atoms with E-state index < -0.39 is 0 Å². The van der Waals surface area contributed by atoms with Crippen LogP contribution in [0.4, 0.5) is 0 Å². The Bertz CT molecular complexity index is 1030. The number of rotatable bonds is 5. The number of fused-ring (bicyclic) bond motifs is 1. The van der Waals surface area contributed by atoms with Gasteiger partial charge >= 0.3 is 0 Å². The van der Waals surface area contributed by atoms with Gasteiger partial charge in [0.15, 0.2) is 11.0 Å². The van der Waals surface area contributed by atoms with Crippen LogP contribution in [0, 0.1) is 0 Å². The van der Waals surface area contributed by atoms with Gasteiger partial charge in [-0.1, -0.05) is 56.8 Å². The molecule has 0 fully saturated rings. The van der Waals surface area contributed by atoms with Gasteiger partial charge in [-0.05, 0) is 41.3 Å². The van der Waals surface area contributed by atoms with Gasteiger partial charge in [0.25, 0.3) is 0 Å². The minimum atomic E-state index is 0.122. The number of thiophene rings is 1. The average Bonchev–Trinajstić information content (AvgIpc) is 3.37. The molecule has 0 bridgehead atoms. The fourth-order valence-corrected chi connectivity index (χ4v) is 5.49. The summed E-state index contributed by atoms with van der Waals surface area (Å²) in [5.41, 5.74) is 3.76. The molecule has 2 aromatic heterocycles. The molecule has 3 heterocycles. The lowest BCUT2D eigenvalue weighted by Gasteiger charge is -2.26. The Morgan fingerprint density at radius 2 is 1.93 bits per heavy atom. The number of amides is 1. The van der Waals surface area contributed by atoms with E-state index in [9.17, 15) is 4.79 Å². The second kappa shape index (κ2) is 8.55. The van der Waals surface area contributed by atoms with Gasteiger partial charge in [-0.25, -0.2) is 0 Å². The van der Waals surface area contributed by atoms with Crippen molar-refractivity contribution in [3.63, 3.8) is 0 Å². The molecule has 0 unspecified atom stereocenters. The largest absolute Gasteiger partial charge is 0.337 e. The van der Waals surface area contributed by atoms with Crippen LogP contribution in [0.25, 0.3) is 11.4 Å². The number of nitrogens with zero attached hydrogens (tertiary/aromatic N) is 4. The molecular weight excluding hydrogens is 412 g/mol. The molecule has 1 aliphatic heterocycles. The molecule has 5 nitrogen and oxygen atoms in total. The standard InChI is InChI=1S/C23H28N4OS2/c1-5-27-21(16-6-8-18(9-7-16)23(2,3)4)24-25-22(27)30-15-20(28)26-12-10-19-17(14-26)11-13-29-19/h6-9,11,13H,5,10,12,14-15H2,1-4H3. The van der Waals surface area contributed by atoms with Gasteiger partial charge in [-0.3, -0.25) is 4.79 Å². The fourth-order valence-electron chi connectivity index (χ4n) is 3.69. The van der Waals surface area contributed by atoms with E-state index in [2.05, 4.69) is 78.2 Å². The highest BCUT2D eigenvalue weighted by Gasteiger charge is 2.23. The third kappa shape index (κ3) is 4.32. The van der Waals surface area contributed by atoms with Crippen molar-refractivity contribution in [3.8, 4) is 11.4 Å². The van der Waals surface area contributed by atoms with E-state index in [0.717, 1.165) is 42.6 Å². The number of hydrogen-bond donors (Lipinski definition) is 0. The zero-order valence-corrected chi connectivity index (χ0v) is 19.6. The van der Waals surface area contributed by atoms with Crippen LogP contribution >= 0.6 is 23.1 Å². The third-order valence-corrected chi connectivity index (χ3v) is 7.50. The number of benzene rings is 1. The minimum absolute atomic E-state index is 0.122. The number of thioether (sulfide) groups is 1. The molecule has 7 heteroatoms. The highest BCUT2D eigenvalue weighted by molar-refractivity contribution is 7.99. The molecule has 0 spiro atoms. The molecule has 158 valence electrons. The topological polar surface area (TPSA) is 51.0 Å². The summed E-state index contributed by atoms with van der Waals surface area (Å²) in [6, 6.07) is 10.7. The molecule has 4 rings (SSSR count). The van der Waals surface area contributed by atoms with E-state index in [-0.39, 0.29) is 11.3 Å². The van der Waals surface area contributed by atoms with Crippen molar-refractivity contribution in [1.29, 1.82) is 0 Å². The van der Waals surface area contributed by atoms with Gasteiger partial charge in [0.1, 0.15) is 0 Å². The predicted molar refractivity (Wildman–Crippen MR) is 124 cm³/mol. The quantitative estimate of drug-likeness (QED) is 0.524. The van der Waals surface area contributed by atoms with Crippen LogP contribution in [0.1, 0.15) is 43.7 Å². The second-order valence-corrected chi connectivity index (χ2v) is 10.5. The van der Waals surface area contributed by atoms with E-state index in [1.165, 1.54) is 27.8 Å². The molecule has 0 radical (unpaired) electrons. The van der Waals surface area contributed by atoms with E-state index in [4.69, 9.17) is 0 Å².